The number of hydrogen-bond acceptors (Lipinski definition) is 7. The first-order chi connectivity index (χ1) is 12.0. The van der Waals surface area contributed by atoms with Crippen LogP contribution in [0.3, 0.4) is 0 Å². The number of aryl methyl sites for hydroxylation is 1. The molecule has 0 atom stereocenters. The molecule has 130 valence electrons. The summed E-state index contributed by atoms with van der Waals surface area (Å²) in [4.78, 5) is 8.85. The van der Waals surface area contributed by atoms with Gasteiger partial charge in [-0.15, -0.1) is 10.2 Å². The standard InChI is InChI=1S/C16H17N5O2S2/c1-25(22,23)11-6-7-13-12(9-11)15(18-10-17-13)24-16-20-19-14-5-3-2-4-8-21(14)16/h6-7,9-10H,2-5,8H2,1H3. The second-order valence-corrected chi connectivity index (χ2v) is 9.06. The number of rotatable bonds is 3. The molecule has 1 aliphatic rings. The van der Waals surface area contributed by atoms with Gasteiger partial charge in [0.05, 0.1) is 10.4 Å². The fourth-order valence-corrected chi connectivity index (χ4v) is 4.53. The van der Waals surface area contributed by atoms with Gasteiger partial charge in [-0.2, -0.15) is 0 Å². The smallest absolute Gasteiger partial charge is 0.197 e. The van der Waals surface area contributed by atoms with Crippen LogP contribution >= 0.6 is 11.8 Å². The fourth-order valence-electron chi connectivity index (χ4n) is 2.94. The number of benzene rings is 1. The van der Waals surface area contributed by atoms with Crippen molar-refractivity contribution in [3.63, 3.8) is 0 Å². The van der Waals surface area contributed by atoms with Crippen LogP contribution in [0.4, 0.5) is 0 Å². The molecular formula is C16H17N5O2S2. The van der Waals surface area contributed by atoms with Crippen molar-refractivity contribution in [2.24, 2.45) is 0 Å². The molecule has 1 aromatic carbocycles. The molecule has 0 unspecified atom stereocenters. The van der Waals surface area contributed by atoms with Crippen LogP contribution in [-0.2, 0) is 22.8 Å². The zero-order valence-electron chi connectivity index (χ0n) is 13.7. The Bertz CT molecular complexity index is 1050. The lowest BCUT2D eigenvalue weighted by atomic mass is 10.2. The van der Waals surface area contributed by atoms with Gasteiger partial charge in [-0.05, 0) is 42.8 Å². The van der Waals surface area contributed by atoms with E-state index in [1.165, 1.54) is 30.8 Å². The molecule has 7 nitrogen and oxygen atoms in total. The van der Waals surface area contributed by atoms with Crippen molar-refractivity contribution >= 4 is 32.5 Å². The Kier molecular flexibility index (Phi) is 4.20. The molecule has 2 aromatic heterocycles. The summed E-state index contributed by atoms with van der Waals surface area (Å²) in [6.45, 7) is 0.905. The number of hydrogen-bond donors (Lipinski definition) is 0. The molecule has 0 amide bonds. The third-order valence-corrected chi connectivity index (χ3v) is 6.38. The second kappa shape index (κ2) is 6.38. The van der Waals surface area contributed by atoms with E-state index in [0.717, 1.165) is 36.8 Å². The highest BCUT2D eigenvalue weighted by Crippen LogP contribution is 2.32. The summed E-state index contributed by atoms with van der Waals surface area (Å²) in [6.07, 6.45) is 7.07. The Hall–Kier alpha value is -2.00. The Morgan fingerprint density at radius 2 is 2.00 bits per heavy atom. The van der Waals surface area contributed by atoms with E-state index in [-0.39, 0.29) is 4.90 Å². The lowest BCUT2D eigenvalue weighted by Gasteiger charge is -2.08. The Labute approximate surface area is 149 Å². The molecule has 0 saturated carbocycles. The van der Waals surface area contributed by atoms with Crippen LogP contribution in [0.5, 0.6) is 0 Å². The third kappa shape index (κ3) is 3.25. The molecule has 4 rings (SSSR count). The molecule has 25 heavy (non-hydrogen) atoms. The Morgan fingerprint density at radius 3 is 2.84 bits per heavy atom. The molecule has 0 radical (unpaired) electrons. The number of fused-ring (bicyclic) bond motifs is 2. The molecule has 3 aromatic rings. The zero-order chi connectivity index (χ0) is 17.4. The quantitative estimate of drug-likeness (QED) is 0.650. The predicted molar refractivity (Wildman–Crippen MR) is 94.3 cm³/mol. The van der Waals surface area contributed by atoms with Gasteiger partial charge in [-0.1, -0.05) is 6.42 Å². The first kappa shape index (κ1) is 16.5. The van der Waals surface area contributed by atoms with E-state index >= 15 is 0 Å². The molecule has 0 spiro atoms. The summed E-state index contributed by atoms with van der Waals surface area (Å²) < 4.78 is 25.9. The van der Waals surface area contributed by atoms with Gasteiger partial charge in [0.25, 0.3) is 0 Å². The molecule has 3 heterocycles. The minimum atomic E-state index is -3.29. The highest BCUT2D eigenvalue weighted by molar-refractivity contribution is 7.99. The highest BCUT2D eigenvalue weighted by atomic mass is 32.2. The summed E-state index contributed by atoms with van der Waals surface area (Å²) in [7, 11) is -3.29. The normalized spacial score (nSPS) is 15.1. The first-order valence-electron chi connectivity index (χ1n) is 8.07. The zero-order valence-corrected chi connectivity index (χ0v) is 15.3. The van der Waals surface area contributed by atoms with E-state index in [9.17, 15) is 8.42 Å². The molecule has 9 heteroatoms. The lowest BCUT2D eigenvalue weighted by molar-refractivity contribution is 0.591. The van der Waals surface area contributed by atoms with Gasteiger partial charge in [-0.25, -0.2) is 18.4 Å². The van der Waals surface area contributed by atoms with Crippen LogP contribution < -0.4 is 0 Å². The highest BCUT2D eigenvalue weighted by Gasteiger charge is 2.18. The maximum atomic E-state index is 11.9. The van der Waals surface area contributed by atoms with Crippen LogP contribution in [-0.4, -0.2) is 39.4 Å². The van der Waals surface area contributed by atoms with E-state index in [1.807, 2.05) is 0 Å². The van der Waals surface area contributed by atoms with Crippen molar-refractivity contribution < 1.29 is 8.42 Å². The number of sulfone groups is 1. The van der Waals surface area contributed by atoms with Crippen LogP contribution in [0.25, 0.3) is 10.9 Å². The van der Waals surface area contributed by atoms with E-state index < -0.39 is 9.84 Å². The Morgan fingerprint density at radius 1 is 1.12 bits per heavy atom. The summed E-state index contributed by atoms with van der Waals surface area (Å²) >= 11 is 1.41. The lowest BCUT2D eigenvalue weighted by Crippen LogP contribution is -2.02. The molecule has 0 bridgehead atoms. The van der Waals surface area contributed by atoms with Gasteiger partial charge < -0.3 is 4.57 Å². The predicted octanol–water partition coefficient (Wildman–Crippen LogP) is 2.50. The summed E-state index contributed by atoms with van der Waals surface area (Å²) in [6, 6.07) is 4.91. The van der Waals surface area contributed by atoms with E-state index in [1.54, 1.807) is 18.2 Å². The number of nitrogens with zero attached hydrogens (tertiary/aromatic N) is 5. The molecular weight excluding hydrogens is 358 g/mol. The van der Waals surface area contributed by atoms with E-state index in [0.29, 0.717) is 15.9 Å². The minimum Gasteiger partial charge on any atom is -0.306 e. The van der Waals surface area contributed by atoms with Gasteiger partial charge in [-0.3, -0.25) is 0 Å². The number of aromatic nitrogens is 5. The second-order valence-electron chi connectivity index (χ2n) is 6.09. The summed E-state index contributed by atoms with van der Waals surface area (Å²) in [5, 5.41) is 10.8. The Balaban J connectivity index is 1.78. The van der Waals surface area contributed by atoms with Gasteiger partial charge in [0.15, 0.2) is 15.0 Å². The van der Waals surface area contributed by atoms with Crippen molar-refractivity contribution in [2.75, 3.05) is 6.26 Å². The summed E-state index contributed by atoms with van der Waals surface area (Å²) in [5.74, 6) is 1.01. The van der Waals surface area contributed by atoms with Crippen molar-refractivity contribution in [1.29, 1.82) is 0 Å². The van der Waals surface area contributed by atoms with Crippen molar-refractivity contribution in [3.05, 3.63) is 30.4 Å². The first-order valence-corrected chi connectivity index (χ1v) is 10.8. The van der Waals surface area contributed by atoms with Gasteiger partial charge >= 0.3 is 0 Å². The molecule has 0 saturated heterocycles. The monoisotopic (exact) mass is 375 g/mol. The van der Waals surface area contributed by atoms with Gasteiger partial charge in [0.1, 0.15) is 17.2 Å². The summed E-state index contributed by atoms with van der Waals surface area (Å²) in [5.41, 5.74) is 0.709. The third-order valence-electron chi connectivity index (χ3n) is 4.26. The van der Waals surface area contributed by atoms with E-state index in [2.05, 4.69) is 24.7 Å². The molecule has 0 N–H and O–H groups in total. The van der Waals surface area contributed by atoms with Crippen molar-refractivity contribution in [2.45, 2.75) is 47.3 Å². The molecule has 0 aliphatic carbocycles. The van der Waals surface area contributed by atoms with Gasteiger partial charge in [0, 0.05) is 24.6 Å². The average Bonchev–Trinajstić information content (AvgIpc) is 2.81. The SMILES string of the molecule is CS(=O)(=O)c1ccc2ncnc(Sc3nnc4n3CCCCC4)c2c1. The fraction of sp³-hybridized carbons (Fsp3) is 0.375. The molecule has 0 fully saturated rings. The van der Waals surface area contributed by atoms with Crippen LogP contribution in [0, 0.1) is 0 Å². The van der Waals surface area contributed by atoms with Gasteiger partial charge in [0.2, 0.25) is 0 Å². The minimum absolute atomic E-state index is 0.261. The van der Waals surface area contributed by atoms with Crippen LogP contribution in [0.1, 0.15) is 25.1 Å². The topological polar surface area (TPSA) is 90.6 Å². The maximum Gasteiger partial charge on any atom is 0.197 e. The van der Waals surface area contributed by atoms with E-state index in [4.69, 9.17) is 0 Å². The van der Waals surface area contributed by atoms with Crippen molar-refractivity contribution in [1.82, 2.24) is 24.7 Å². The largest absolute Gasteiger partial charge is 0.306 e. The maximum absolute atomic E-state index is 11.9. The van der Waals surface area contributed by atoms with Crippen molar-refractivity contribution in [3.8, 4) is 0 Å². The molecule has 1 aliphatic heterocycles. The van der Waals surface area contributed by atoms with Crippen LogP contribution in [0.2, 0.25) is 0 Å². The van der Waals surface area contributed by atoms with Crippen LogP contribution in [0.15, 0.2) is 39.6 Å². The average molecular weight is 375 g/mol.